The van der Waals surface area contributed by atoms with Crippen LogP contribution >= 0.6 is 0 Å². The smallest absolute Gasteiger partial charge is 0.421 e. The Hall–Kier alpha value is -0.860. The maximum absolute atomic E-state index is 11.5. The summed E-state index contributed by atoms with van der Waals surface area (Å²) in [7, 11) is -2.57. The molecule has 0 aliphatic heterocycles. The molecule has 8 heteroatoms. The second-order valence-corrected chi connectivity index (χ2v) is 5.06. The first-order chi connectivity index (χ1) is 7.29. The zero-order valence-corrected chi connectivity index (χ0v) is 10.5. The first-order valence-electron chi connectivity index (χ1n) is 4.88. The van der Waals surface area contributed by atoms with Crippen molar-refractivity contribution in [2.75, 3.05) is 20.2 Å². The first-order valence-corrected chi connectivity index (χ1v) is 6.32. The molecule has 0 aromatic carbocycles. The zero-order valence-electron chi connectivity index (χ0n) is 9.63. The lowest BCUT2D eigenvalue weighted by Gasteiger charge is -2.17. The van der Waals surface area contributed by atoms with Gasteiger partial charge in [0.15, 0.2) is 0 Å². The molecule has 96 valence electrons. The van der Waals surface area contributed by atoms with Gasteiger partial charge in [-0.25, -0.2) is 9.52 Å². The Bertz CT molecular complexity index is 314. The van der Waals surface area contributed by atoms with Crippen LogP contribution in [0.15, 0.2) is 0 Å². The highest BCUT2D eigenvalue weighted by Crippen LogP contribution is 1.99. The molecule has 2 N–H and O–H groups in total. The molecule has 0 saturated heterocycles. The lowest BCUT2D eigenvalue weighted by molar-refractivity contribution is 0.157. The van der Waals surface area contributed by atoms with Crippen molar-refractivity contribution in [3.63, 3.8) is 0 Å². The van der Waals surface area contributed by atoms with E-state index in [4.69, 9.17) is 5.11 Å². The Kier molecular flexibility index (Phi) is 6.31. The van der Waals surface area contributed by atoms with E-state index in [0.29, 0.717) is 6.42 Å². The van der Waals surface area contributed by atoms with Crippen molar-refractivity contribution in [3.05, 3.63) is 0 Å². The van der Waals surface area contributed by atoms with Crippen LogP contribution in [0.1, 0.15) is 20.3 Å². The van der Waals surface area contributed by atoms with Crippen LogP contribution in [-0.2, 0) is 14.9 Å². The van der Waals surface area contributed by atoms with Crippen LogP contribution in [-0.4, -0.2) is 50.2 Å². The summed E-state index contributed by atoms with van der Waals surface area (Å²) < 4.78 is 30.0. The van der Waals surface area contributed by atoms with Crippen molar-refractivity contribution in [2.45, 2.75) is 26.4 Å². The van der Waals surface area contributed by atoms with E-state index in [1.165, 1.54) is 7.05 Å². The molecule has 0 aliphatic carbocycles. The summed E-state index contributed by atoms with van der Waals surface area (Å²) in [6, 6.07) is 0. The van der Waals surface area contributed by atoms with Gasteiger partial charge in [0.05, 0.1) is 12.7 Å². The predicted molar refractivity (Wildman–Crippen MR) is 58.0 cm³/mol. The number of nitrogens with one attached hydrogen (secondary N) is 1. The van der Waals surface area contributed by atoms with Crippen molar-refractivity contribution in [1.29, 1.82) is 0 Å². The van der Waals surface area contributed by atoms with Gasteiger partial charge >= 0.3 is 16.3 Å². The number of carbonyl (C=O) groups excluding carboxylic acids is 1. The van der Waals surface area contributed by atoms with E-state index < -0.39 is 22.4 Å². The van der Waals surface area contributed by atoms with E-state index in [1.807, 2.05) is 0 Å². The molecule has 16 heavy (non-hydrogen) atoms. The monoisotopic (exact) mass is 254 g/mol. The summed E-state index contributed by atoms with van der Waals surface area (Å²) in [6.45, 7) is 3.34. The predicted octanol–water partition coefficient (Wildman–Crippen LogP) is -0.320. The average Bonchev–Trinajstić information content (AvgIpc) is 2.13. The van der Waals surface area contributed by atoms with E-state index in [0.717, 1.165) is 4.31 Å². The lowest BCUT2D eigenvalue weighted by Crippen LogP contribution is -2.42. The van der Waals surface area contributed by atoms with Gasteiger partial charge in [-0.2, -0.15) is 12.7 Å². The van der Waals surface area contributed by atoms with Gasteiger partial charge in [-0.3, -0.25) is 0 Å². The molecule has 7 nitrogen and oxygen atoms in total. The second-order valence-electron chi connectivity index (χ2n) is 3.29. The Labute approximate surface area is 95.6 Å². The van der Waals surface area contributed by atoms with Gasteiger partial charge in [0, 0.05) is 13.6 Å². The van der Waals surface area contributed by atoms with Gasteiger partial charge < -0.3 is 9.84 Å². The third-order valence-corrected chi connectivity index (χ3v) is 3.19. The summed E-state index contributed by atoms with van der Waals surface area (Å²) in [5, 5.41) is 9.00. The van der Waals surface area contributed by atoms with Crippen LogP contribution in [0, 0.1) is 0 Å². The van der Waals surface area contributed by atoms with Crippen LogP contribution in [0.25, 0.3) is 0 Å². The molecule has 0 aromatic rings. The topological polar surface area (TPSA) is 95.9 Å². The molecule has 0 aliphatic rings. The SMILES string of the molecule is CCOC(=O)NS(=O)(=O)N(C)CCC(C)O. The standard InChI is InChI=1S/C8H18N2O5S/c1-4-15-8(12)9-16(13,14)10(3)6-5-7(2)11/h7,11H,4-6H2,1-3H3,(H,9,12). The average molecular weight is 254 g/mol. The third-order valence-electron chi connectivity index (χ3n) is 1.76. The molecule has 0 heterocycles. The normalized spacial score (nSPS) is 13.6. The molecule has 0 fully saturated rings. The molecule has 1 atom stereocenters. The maximum Gasteiger partial charge on any atom is 0.421 e. The zero-order chi connectivity index (χ0) is 12.8. The van der Waals surface area contributed by atoms with Crippen LogP contribution in [0.5, 0.6) is 0 Å². The number of aliphatic hydroxyl groups excluding tert-OH is 1. The fourth-order valence-electron chi connectivity index (χ4n) is 0.833. The number of aliphatic hydroxyl groups is 1. The van der Waals surface area contributed by atoms with E-state index >= 15 is 0 Å². The minimum atomic E-state index is -3.88. The number of hydrogen-bond acceptors (Lipinski definition) is 5. The Morgan fingerprint density at radius 3 is 2.56 bits per heavy atom. The summed E-state index contributed by atoms with van der Waals surface area (Å²) in [5.74, 6) is 0. The van der Waals surface area contributed by atoms with Crippen molar-refractivity contribution < 1.29 is 23.1 Å². The molecule has 1 amide bonds. The molecule has 0 radical (unpaired) electrons. The van der Waals surface area contributed by atoms with E-state index in [2.05, 4.69) is 4.74 Å². The summed E-state index contributed by atoms with van der Waals surface area (Å²) in [4.78, 5) is 10.9. The Morgan fingerprint density at radius 1 is 1.56 bits per heavy atom. The van der Waals surface area contributed by atoms with Crippen molar-refractivity contribution >= 4 is 16.3 Å². The van der Waals surface area contributed by atoms with Crippen molar-refractivity contribution in [1.82, 2.24) is 9.03 Å². The quantitative estimate of drug-likeness (QED) is 0.677. The minimum absolute atomic E-state index is 0.0960. The number of carbonyl (C=O) groups is 1. The van der Waals surface area contributed by atoms with Gasteiger partial charge in [-0.15, -0.1) is 0 Å². The third kappa shape index (κ3) is 5.89. The van der Waals surface area contributed by atoms with Gasteiger partial charge in [0.25, 0.3) is 0 Å². The lowest BCUT2D eigenvalue weighted by atomic mass is 10.3. The molecular formula is C8H18N2O5S. The summed E-state index contributed by atoms with van der Waals surface area (Å²) in [6.07, 6.45) is -1.31. The fraction of sp³-hybridized carbons (Fsp3) is 0.875. The number of rotatable bonds is 6. The van der Waals surface area contributed by atoms with E-state index in [1.54, 1.807) is 18.6 Å². The van der Waals surface area contributed by atoms with Crippen molar-refractivity contribution in [2.24, 2.45) is 0 Å². The molecule has 0 spiro atoms. The van der Waals surface area contributed by atoms with E-state index in [-0.39, 0.29) is 13.2 Å². The van der Waals surface area contributed by atoms with Crippen LogP contribution < -0.4 is 4.72 Å². The number of nitrogens with zero attached hydrogens (tertiary/aromatic N) is 1. The highest BCUT2D eigenvalue weighted by atomic mass is 32.2. The van der Waals surface area contributed by atoms with Gasteiger partial charge in [-0.05, 0) is 20.3 Å². The molecule has 0 rings (SSSR count). The highest BCUT2D eigenvalue weighted by Gasteiger charge is 2.21. The van der Waals surface area contributed by atoms with Crippen LogP contribution in [0.3, 0.4) is 0 Å². The fourth-order valence-corrected chi connectivity index (χ4v) is 1.60. The first kappa shape index (κ1) is 15.1. The Morgan fingerprint density at radius 2 is 2.12 bits per heavy atom. The largest absolute Gasteiger partial charge is 0.449 e. The molecular weight excluding hydrogens is 236 g/mol. The summed E-state index contributed by atoms with van der Waals surface area (Å²) >= 11 is 0. The van der Waals surface area contributed by atoms with Crippen LogP contribution in [0.4, 0.5) is 4.79 Å². The van der Waals surface area contributed by atoms with Gasteiger partial charge in [0.2, 0.25) is 0 Å². The highest BCUT2D eigenvalue weighted by molar-refractivity contribution is 7.87. The van der Waals surface area contributed by atoms with Gasteiger partial charge in [-0.1, -0.05) is 0 Å². The van der Waals surface area contributed by atoms with Crippen molar-refractivity contribution in [3.8, 4) is 0 Å². The second kappa shape index (κ2) is 6.66. The molecule has 0 bridgehead atoms. The van der Waals surface area contributed by atoms with E-state index in [9.17, 15) is 13.2 Å². The summed E-state index contributed by atoms with van der Waals surface area (Å²) in [5.41, 5.74) is 0. The molecule has 1 unspecified atom stereocenters. The number of hydrogen-bond donors (Lipinski definition) is 2. The maximum atomic E-state index is 11.5. The number of ether oxygens (including phenoxy) is 1. The van der Waals surface area contributed by atoms with Crippen LogP contribution in [0.2, 0.25) is 0 Å². The molecule has 0 saturated carbocycles. The van der Waals surface area contributed by atoms with Gasteiger partial charge in [0.1, 0.15) is 0 Å². The minimum Gasteiger partial charge on any atom is -0.449 e. The number of amides is 1. The Balaban J connectivity index is 4.26. The molecule has 0 aromatic heterocycles.